The van der Waals surface area contributed by atoms with Gasteiger partial charge in [-0.05, 0) is 33.6 Å². The standard InChI is InChI=1S/C14H25N3OS/c1-5-17(10(2)9-18-4)14-16-11(3)13(19-14)8-15-12-6-7-12/h10,12,15H,5-9H2,1-4H3. The molecule has 0 amide bonds. The van der Waals surface area contributed by atoms with Crippen molar-refractivity contribution in [3.63, 3.8) is 0 Å². The van der Waals surface area contributed by atoms with Crippen LogP contribution in [0.25, 0.3) is 0 Å². The molecule has 1 aromatic heterocycles. The van der Waals surface area contributed by atoms with Gasteiger partial charge in [-0.2, -0.15) is 0 Å². The van der Waals surface area contributed by atoms with Crippen LogP contribution >= 0.6 is 11.3 Å². The summed E-state index contributed by atoms with van der Waals surface area (Å²) in [6.07, 6.45) is 2.66. The predicted octanol–water partition coefficient (Wildman–Crippen LogP) is 2.56. The van der Waals surface area contributed by atoms with E-state index >= 15 is 0 Å². The summed E-state index contributed by atoms with van der Waals surface area (Å²) in [5, 5.41) is 4.69. The van der Waals surface area contributed by atoms with E-state index in [9.17, 15) is 0 Å². The number of ether oxygens (including phenoxy) is 1. The number of nitrogens with one attached hydrogen (secondary N) is 1. The van der Waals surface area contributed by atoms with E-state index in [0.29, 0.717) is 6.04 Å². The fourth-order valence-electron chi connectivity index (χ4n) is 2.19. The van der Waals surface area contributed by atoms with Crippen molar-refractivity contribution in [2.75, 3.05) is 25.2 Å². The fourth-order valence-corrected chi connectivity index (χ4v) is 3.37. The van der Waals surface area contributed by atoms with Crippen LogP contribution in [0.5, 0.6) is 0 Å². The average Bonchev–Trinajstić information content (AvgIpc) is 3.13. The first kappa shape index (κ1) is 14.8. The van der Waals surface area contributed by atoms with Crippen LogP contribution in [0.2, 0.25) is 0 Å². The molecule has 0 bridgehead atoms. The van der Waals surface area contributed by atoms with E-state index in [1.54, 1.807) is 7.11 Å². The molecule has 0 saturated heterocycles. The highest BCUT2D eigenvalue weighted by Gasteiger charge is 2.22. The number of anilines is 1. The van der Waals surface area contributed by atoms with Crippen LogP contribution in [0.15, 0.2) is 0 Å². The van der Waals surface area contributed by atoms with Crippen LogP contribution in [-0.4, -0.2) is 37.3 Å². The molecule has 4 nitrogen and oxygen atoms in total. The third-order valence-corrected chi connectivity index (χ3v) is 4.73. The van der Waals surface area contributed by atoms with Crippen LogP contribution in [0, 0.1) is 6.92 Å². The lowest BCUT2D eigenvalue weighted by Crippen LogP contribution is -2.36. The van der Waals surface area contributed by atoms with Crippen molar-refractivity contribution >= 4 is 16.5 Å². The van der Waals surface area contributed by atoms with E-state index in [4.69, 9.17) is 9.72 Å². The largest absolute Gasteiger partial charge is 0.383 e. The van der Waals surface area contributed by atoms with Crippen molar-refractivity contribution in [1.82, 2.24) is 10.3 Å². The Morgan fingerprint density at radius 3 is 2.84 bits per heavy atom. The van der Waals surface area contributed by atoms with Gasteiger partial charge in [-0.1, -0.05) is 0 Å². The Morgan fingerprint density at radius 1 is 1.53 bits per heavy atom. The summed E-state index contributed by atoms with van der Waals surface area (Å²) in [5.41, 5.74) is 1.16. The molecule has 0 spiro atoms. The van der Waals surface area contributed by atoms with Crippen molar-refractivity contribution in [3.8, 4) is 0 Å². The molecule has 5 heteroatoms. The van der Waals surface area contributed by atoms with Gasteiger partial charge in [0, 0.05) is 31.1 Å². The first-order valence-electron chi connectivity index (χ1n) is 7.11. The van der Waals surface area contributed by atoms with Crippen LogP contribution in [-0.2, 0) is 11.3 Å². The molecule has 1 fully saturated rings. The number of aromatic nitrogens is 1. The molecule has 2 rings (SSSR count). The molecule has 19 heavy (non-hydrogen) atoms. The normalized spacial score (nSPS) is 16.6. The topological polar surface area (TPSA) is 37.4 Å². The third kappa shape index (κ3) is 3.91. The Kier molecular flexibility index (Phi) is 5.19. The lowest BCUT2D eigenvalue weighted by molar-refractivity contribution is 0.182. The van der Waals surface area contributed by atoms with Crippen molar-refractivity contribution < 1.29 is 4.74 Å². The highest BCUT2D eigenvalue weighted by molar-refractivity contribution is 7.15. The molecule has 1 N–H and O–H groups in total. The maximum Gasteiger partial charge on any atom is 0.186 e. The second kappa shape index (κ2) is 6.68. The summed E-state index contributed by atoms with van der Waals surface area (Å²) in [6, 6.07) is 1.12. The Bertz CT molecular complexity index is 403. The zero-order valence-corrected chi connectivity index (χ0v) is 13.2. The SMILES string of the molecule is CCN(c1nc(C)c(CNC2CC2)s1)C(C)COC. The van der Waals surface area contributed by atoms with Crippen molar-refractivity contribution in [2.45, 2.75) is 52.2 Å². The minimum atomic E-state index is 0.366. The smallest absolute Gasteiger partial charge is 0.186 e. The van der Waals surface area contributed by atoms with Gasteiger partial charge in [-0.3, -0.25) is 0 Å². The van der Waals surface area contributed by atoms with Gasteiger partial charge in [-0.25, -0.2) is 4.98 Å². The average molecular weight is 283 g/mol. The van der Waals surface area contributed by atoms with Gasteiger partial charge in [0.1, 0.15) is 0 Å². The van der Waals surface area contributed by atoms with Gasteiger partial charge in [0.15, 0.2) is 5.13 Å². The summed E-state index contributed by atoms with van der Waals surface area (Å²) >= 11 is 1.81. The van der Waals surface area contributed by atoms with Gasteiger partial charge in [0.25, 0.3) is 0 Å². The number of nitrogens with zero attached hydrogens (tertiary/aromatic N) is 2. The molecule has 1 aromatic rings. The lowest BCUT2D eigenvalue weighted by Gasteiger charge is -2.26. The van der Waals surface area contributed by atoms with Gasteiger partial charge in [-0.15, -0.1) is 11.3 Å². The molecule has 1 heterocycles. The highest BCUT2D eigenvalue weighted by atomic mass is 32.1. The molecule has 1 saturated carbocycles. The third-order valence-electron chi connectivity index (χ3n) is 3.54. The van der Waals surface area contributed by atoms with E-state index in [1.165, 1.54) is 17.7 Å². The van der Waals surface area contributed by atoms with E-state index in [2.05, 4.69) is 31.0 Å². The van der Waals surface area contributed by atoms with E-state index in [1.807, 2.05) is 11.3 Å². The van der Waals surface area contributed by atoms with Crippen molar-refractivity contribution in [3.05, 3.63) is 10.6 Å². The Labute approximate surface area is 120 Å². The molecule has 0 radical (unpaired) electrons. The molecule has 1 aliphatic rings. The van der Waals surface area contributed by atoms with Crippen molar-refractivity contribution in [2.24, 2.45) is 0 Å². The van der Waals surface area contributed by atoms with Gasteiger partial charge in [0.05, 0.1) is 18.3 Å². The maximum absolute atomic E-state index is 5.26. The summed E-state index contributed by atoms with van der Waals surface area (Å²) in [5.74, 6) is 0. The molecule has 1 atom stereocenters. The summed E-state index contributed by atoms with van der Waals surface area (Å²) in [4.78, 5) is 8.42. The molecular formula is C14H25N3OS. The minimum Gasteiger partial charge on any atom is -0.383 e. The number of hydrogen-bond donors (Lipinski definition) is 1. The Hall–Kier alpha value is -0.650. The van der Waals surface area contributed by atoms with Crippen LogP contribution in [0.3, 0.4) is 0 Å². The van der Waals surface area contributed by atoms with E-state index < -0.39 is 0 Å². The van der Waals surface area contributed by atoms with Gasteiger partial charge in [0.2, 0.25) is 0 Å². The van der Waals surface area contributed by atoms with Crippen LogP contribution < -0.4 is 10.2 Å². The first-order chi connectivity index (χ1) is 9.15. The minimum absolute atomic E-state index is 0.366. The Morgan fingerprint density at radius 2 is 2.26 bits per heavy atom. The monoisotopic (exact) mass is 283 g/mol. The molecule has 108 valence electrons. The van der Waals surface area contributed by atoms with E-state index in [0.717, 1.165) is 36.6 Å². The quantitative estimate of drug-likeness (QED) is 0.795. The van der Waals surface area contributed by atoms with Gasteiger partial charge < -0.3 is 15.0 Å². The predicted molar refractivity (Wildman–Crippen MR) is 81.1 cm³/mol. The number of hydrogen-bond acceptors (Lipinski definition) is 5. The maximum atomic E-state index is 5.26. The summed E-state index contributed by atoms with van der Waals surface area (Å²) < 4.78 is 5.26. The molecular weight excluding hydrogens is 258 g/mol. The number of likely N-dealkylation sites (N-methyl/N-ethyl adjacent to an activating group) is 1. The fraction of sp³-hybridized carbons (Fsp3) is 0.786. The second-order valence-corrected chi connectivity index (χ2v) is 6.31. The highest BCUT2D eigenvalue weighted by Crippen LogP contribution is 2.28. The summed E-state index contributed by atoms with van der Waals surface area (Å²) in [6.45, 7) is 9.13. The molecule has 0 aromatic carbocycles. The van der Waals surface area contributed by atoms with Crippen LogP contribution in [0.4, 0.5) is 5.13 Å². The molecule has 0 aliphatic heterocycles. The van der Waals surface area contributed by atoms with E-state index in [-0.39, 0.29) is 0 Å². The van der Waals surface area contributed by atoms with Crippen LogP contribution in [0.1, 0.15) is 37.3 Å². The first-order valence-corrected chi connectivity index (χ1v) is 7.92. The zero-order valence-electron chi connectivity index (χ0n) is 12.4. The lowest BCUT2D eigenvalue weighted by atomic mass is 10.3. The molecule has 1 unspecified atom stereocenters. The Balaban J connectivity index is 2.02. The number of methoxy groups -OCH3 is 1. The second-order valence-electron chi connectivity index (χ2n) is 5.25. The molecule has 1 aliphatic carbocycles. The summed E-state index contributed by atoms with van der Waals surface area (Å²) in [7, 11) is 1.75. The number of aryl methyl sites for hydroxylation is 1. The van der Waals surface area contributed by atoms with Gasteiger partial charge >= 0.3 is 0 Å². The zero-order chi connectivity index (χ0) is 13.8. The van der Waals surface area contributed by atoms with Crippen molar-refractivity contribution in [1.29, 1.82) is 0 Å². The number of rotatable bonds is 8. The number of thiazole rings is 1.